The van der Waals surface area contributed by atoms with Gasteiger partial charge in [0.25, 0.3) is 5.91 Å². The van der Waals surface area contributed by atoms with E-state index in [0.717, 1.165) is 22.9 Å². The van der Waals surface area contributed by atoms with E-state index in [2.05, 4.69) is 26.2 Å². The van der Waals surface area contributed by atoms with Crippen molar-refractivity contribution in [2.45, 2.75) is 18.3 Å². The van der Waals surface area contributed by atoms with Gasteiger partial charge in [0.05, 0.1) is 19.0 Å². The van der Waals surface area contributed by atoms with Crippen molar-refractivity contribution in [1.29, 1.82) is 0 Å². The van der Waals surface area contributed by atoms with Crippen LogP contribution in [0.25, 0.3) is 0 Å². The predicted molar refractivity (Wildman–Crippen MR) is 100 cm³/mol. The standard InChI is InChI=1S/C19H18BrN3O3/c1-26-17-5-3-13(9-21-17)22-16(24)10-23-11-19(6-7-19)15-8-12(20)2-4-14(15)18(23)25/h2-5,8-9H,6-7,10-11H2,1H3,(H,22,24). The molecule has 7 heteroatoms. The topological polar surface area (TPSA) is 71.5 Å². The number of methoxy groups -OCH3 is 1. The summed E-state index contributed by atoms with van der Waals surface area (Å²) in [7, 11) is 1.53. The van der Waals surface area contributed by atoms with Gasteiger partial charge in [-0.3, -0.25) is 9.59 Å². The third-order valence-corrected chi connectivity index (χ3v) is 5.47. The van der Waals surface area contributed by atoms with E-state index < -0.39 is 0 Å². The Labute approximate surface area is 159 Å². The van der Waals surface area contributed by atoms with Crippen molar-refractivity contribution in [3.05, 3.63) is 52.1 Å². The highest BCUT2D eigenvalue weighted by Gasteiger charge is 2.51. The molecule has 1 spiro atoms. The van der Waals surface area contributed by atoms with Gasteiger partial charge in [0, 0.05) is 28.1 Å². The zero-order valence-electron chi connectivity index (χ0n) is 14.3. The van der Waals surface area contributed by atoms with E-state index in [9.17, 15) is 9.59 Å². The molecule has 134 valence electrons. The van der Waals surface area contributed by atoms with Gasteiger partial charge in [0.1, 0.15) is 6.54 Å². The number of anilines is 1. The normalized spacial score (nSPS) is 17.0. The first kappa shape index (κ1) is 17.0. The first-order valence-corrected chi connectivity index (χ1v) is 9.19. The summed E-state index contributed by atoms with van der Waals surface area (Å²) in [6.45, 7) is 0.617. The van der Waals surface area contributed by atoms with Crippen LogP contribution in [0.1, 0.15) is 28.8 Å². The number of amides is 2. The van der Waals surface area contributed by atoms with Gasteiger partial charge < -0.3 is 15.0 Å². The Balaban J connectivity index is 1.49. The molecule has 1 saturated carbocycles. The van der Waals surface area contributed by atoms with E-state index in [4.69, 9.17) is 4.74 Å². The Hall–Kier alpha value is -2.41. The summed E-state index contributed by atoms with van der Waals surface area (Å²) in [6, 6.07) is 9.16. The van der Waals surface area contributed by atoms with Gasteiger partial charge in [-0.2, -0.15) is 0 Å². The summed E-state index contributed by atoms with van der Waals surface area (Å²) in [5.74, 6) is 0.155. The summed E-state index contributed by atoms with van der Waals surface area (Å²) < 4.78 is 5.98. The van der Waals surface area contributed by atoms with Crippen molar-refractivity contribution in [3.63, 3.8) is 0 Å². The number of carbonyl (C=O) groups excluding carboxylic acids is 2. The maximum Gasteiger partial charge on any atom is 0.254 e. The lowest BCUT2D eigenvalue weighted by molar-refractivity contribution is -0.117. The molecule has 4 rings (SSSR count). The molecular weight excluding hydrogens is 398 g/mol. The van der Waals surface area contributed by atoms with Crippen molar-refractivity contribution >= 4 is 33.4 Å². The molecule has 2 amide bonds. The molecular formula is C19H18BrN3O3. The number of fused-ring (bicyclic) bond motifs is 2. The molecule has 1 aromatic heterocycles. The van der Waals surface area contributed by atoms with Crippen LogP contribution >= 0.6 is 15.9 Å². The molecule has 1 N–H and O–H groups in total. The zero-order valence-corrected chi connectivity index (χ0v) is 15.9. The zero-order chi connectivity index (χ0) is 18.3. The molecule has 0 bridgehead atoms. The summed E-state index contributed by atoms with van der Waals surface area (Å²) >= 11 is 3.49. The molecule has 0 saturated heterocycles. The molecule has 1 aromatic carbocycles. The fourth-order valence-corrected chi connectivity index (χ4v) is 3.85. The number of carbonyl (C=O) groups is 2. The predicted octanol–water partition coefficient (Wildman–Crippen LogP) is 2.98. The van der Waals surface area contributed by atoms with Crippen LogP contribution in [-0.4, -0.2) is 41.9 Å². The van der Waals surface area contributed by atoms with E-state index in [1.54, 1.807) is 17.0 Å². The molecule has 2 heterocycles. The highest BCUT2D eigenvalue weighted by molar-refractivity contribution is 9.10. The lowest BCUT2D eigenvalue weighted by Crippen LogP contribution is -2.46. The highest BCUT2D eigenvalue weighted by atomic mass is 79.9. The summed E-state index contributed by atoms with van der Waals surface area (Å²) in [6.07, 6.45) is 3.62. The third-order valence-electron chi connectivity index (χ3n) is 4.98. The van der Waals surface area contributed by atoms with Crippen LogP contribution in [0.4, 0.5) is 5.69 Å². The number of hydrogen-bond acceptors (Lipinski definition) is 4. The van der Waals surface area contributed by atoms with E-state index in [1.807, 2.05) is 18.2 Å². The van der Waals surface area contributed by atoms with Crippen LogP contribution in [0.5, 0.6) is 5.88 Å². The molecule has 0 atom stereocenters. The Kier molecular flexibility index (Phi) is 4.19. The molecule has 0 radical (unpaired) electrons. The fourth-order valence-electron chi connectivity index (χ4n) is 3.49. The van der Waals surface area contributed by atoms with Gasteiger partial charge in [0.2, 0.25) is 11.8 Å². The number of nitrogens with one attached hydrogen (secondary N) is 1. The van der Waals surface area contributed by atoms with Gasteiger partial charge in [-0.05, 0) is 42.7 Å². The number of aromatic nitrogens is 1. The molecule has 0 unspecified atom stereocenters. The summed E-state index contributed by atoms with van der Waals surface area (Å²) in [4.78, 5) is 30.9. The average molecular weight is 416 g/mol. The number of pyridine rings is 1. The van der Waals surface area contributed by atoms with Crippen LogP contribution < -0.4 is 10.1 Å². The van der Waals surface area contributed by atoms with Crippen LogP contribution in [0.2, 0.25) is 0 Å². The second-order valence-electron chi connectivity index (χ2n) is 6.77. The summed E-state index contributed by atoms with van der Waals surface area (Å²) in [5, 5.41) is 2.78. The number of nitrogens with zero attached hydrogens (tertiary/aromatic N) is 2. The van der Waals surface area contributed by atoms with Gasteiger partial charge in [0.15, 0.2) is 0 Å². The molecule has 1 aliphatic heterocycles. The largest absolute Gasteiger partial charge is 0.481 e. The SMILES string of the molecule is COc1ccc(NC(=O)CN2CC3(CC3)c3cc(Br)ccc3C2=O)cn1. The quantitative estimate of drug-likeness (QED) is 0.832. The highest BCUT2D eigenvalue weighted by Crippen LogP contribution is 2.52. The Morgan fingerprint density at radius 3 is 2.81 bits per heavy atom. The first-order valence-electron chi connectivity index (χ1n) is 8.40. The molecule has 6 nitrogen and oxygen atoms in total. The number of ether oxygens (including phenoxy) is 1. The van der Waals surface area contributed by atoms with Gasteiger partial charge in [-0.25, -0.2) is 4.98 Å². The number of benzene rings is 1. The van der Waals surface area contributed by atoms with Crippen molar-refractivity contribution in [2.24, 2.45) is 0 Å². The van der Waals surface area contributed by atoms with Crippen LogP contribution in [0.15, 0.2) is 41.0 Å². The van der Waals surface area contributed by atoms with Crippen molar-refractivity contribution in [2.75, 3.05) is 25.5 Å². The Morgan fingerprint density at radius 1 is 1.35 bits per heavy atom. The van der Waals surface area contributed by atoms with Crippen molar-refractivity contribution in [1.82, 2.24) is 9.88 Å². The van der Waals surface area contributed by atoms with Crippen molar-refractivity contribution in [3.8, 4) is 5.88 Å². The minimum atomic E-state index is -0.235. The Bertz CT molecular complexity index is 878. The first-order chi connectivity index (χ1) is 12.5. The smallest absolute Gasteiger partial charge is 0.254 e. The summed E-state index contributed by atoms with van der Waals surface area (Å²) in [5.41, 5.74) is 2.39. The van der Waals surface area contributed by atoms with Gasteiger partial charge >= 0.3 is 0 Å². The third kappa shape index (κ3) is 3.07. The molecule has 2 aliphatic rings. The second-order valence-corrected chi connectivity index (χ2v) is 7.68. The fraction of sp³-hybridized carbons (Fsp3) is 0.316. The molecule has 2 aromatic rings. The minimum Gasteiger partial charge on any atom is -0.481 e. The van der Waals surface area contributed by atoms with Gasteiger partial charge in [-0.15, -0.1) is 0 Å². The monoisotopic (exact) mass is 415 g/mol. The number of hydrogen-bond donors (Lipinski definition) is 1. The molecule has 1 aliphatic carbocycles. The molecule has 1 fully saturated rings. The average Bonchev–Trinajstić information content (AvgIpc) is 3.40. The van der Waals surface area contributed by atoms with Crippen LogP contribution in [-0.2, 0) is 10.2 Å². The minimum absolute atomic E-state index is 0.00890. The lowest BCUT2D eigenvalue weighted by atomic mass is 9.86. The van der Waals surface area contributed by atoms with Crippen LogP contribution in [0.3, 0.4) is 0 Å². The van der Waals surface area contributed by atoms with Crippen LogP contribution in [0, 0.1) is 0 Å². The van der Waals surface area contributed by atoms with E-state index in [1.165, 1.54) is 13.3 Å². The van der Waals surface area contributed by atoms with E-state index >= 15 is 0 Å². The number of halogens is 1. The lowest BCUT2D eigenvalue weighted by Gasteiger charge is -2.34. The Morgan fingerprint density at radius 2 is 2.15 bits per heavy atom. The second kappa shape index (κ2) is 6.39. The maximum atomic E-state index is 12.8. The van der Waals surface area contributed by atoms with Crippen molar-refractivity contribution < 1.29 is 14.3 Å². The van der Waals surface area contributed by atoms with E-state index in [0.29, 0.717) is 23.7 Å². The van der Waals surface area contributed by atoms with E-state index in [-0.39, 0.29) is 23.8 Å². The number of rotatable bonds is 4. The maximum absolute atomic E-state index is 12.8. The molecule has 26 heavy (non-hydrogen) atoms. The van der Waals surface area contributed by atoms with Gasteiger partial charge in [-0.1, -0.05) is 15.9 Å².